The van der Waals surface area contributed by atoms with Crippen molar-refractivity contribution in [3.63, 3.8) is 0 Å². The van der Waals surface area contributed by atoms with Gasteiger partial charge in [0, 0.05) is 6.42 Å². The zero-order valence-corrected chi connectivity index (χ0v) is 10.8. The number of nitrogens with one attached hydrogen (secondary N) is 2. The summed E-state index contributed by atoms with van der Waals surface area (Å²) in [4.78, 5) is 23.2. The van der Waals surface area contributed by atoms with E-state index >= 15 is 0 Å². The molecule has 2 amide bonds. The molecule has 0 aliphatic heterocycles. The molecule has 0 aliphatic rings. The first kappa shape index (κ1) is 15.2. The lowest BCUT2D eigenvalue weighted by molar-refractivity contribution is -0.126. The van der Waals surface area contributed by atoms with E-state index in [0.717, 1.165) is 11.6 Å². The van der Waals surface area contributed by atoms with Crippen LogP contribution in [0.25, 0.3) is 0 Å². The first-order valence-corrected chi connectivity index (χ1v) is 5.92. The highest BCUT2D eigenvalue weighted by molar-refractivity contribution is 5.92. The third-order valence-electron chi connectivity index (χ3n) is 2.54. The quantitative estimate of drug-likeness (QED) is 0.510. The van der Waals surface area contributed by atoms with Crippen LogP contribution in [-0.2, 0) is 16.0 Å². The summed E-state index contributed by atoms with van der Waals surface area (Å²) in [7, 11) is 0. The van der Waals surface area contributed by atoms with Crippen LogP contribution in [0.2, 0.25) is 0 Å². The van der Waals surface area contributed by atoms with Crippen molar-refractivity contribution >= 4 is 11.8 Å². The Morgan fingerprint density at radius 2 is 2.05 bits per heavy atom. The van der Waals surface area contributed by atoms with Gasteiger partial charge < -0.3 is 15.7 Å². The smallest absolute Gasteiger partial charge is 0.244 e. The number of nitrogens with zero attached hydrogens (tertiary/aromatic N) is 1. The fraction of sp³-hybridized carbons (Fsp3) is 0.214. The van der Waals surface area contributed by atoms with E-state index in [1.54, 1.807) is 18.2 Å². The second kappa shape index (κ2) is 7.59. The number of carbonyl (C=O) groups is 2. The molecule has 1 aromatic carbocycles. The van der Waals surface area contributed by atoms with Gasteiger partial charge in [-0.1, -0.05) is 18.7 Å². The number of hydrogen-bond acceptors (Lipinski definition) is 4. The van der Waals surface area contributed by atoms with Gasteiger partial charge in [0.05, 0.1) is 6.07 Å². The van der Waals surface area contributed by atoms with Gasteiger partial charge in [0.15, 0.2) is 0 Å². The van der Waals surface area contributed by atoms with Gasteiger partial charge in [-0.15, -0.1) is 0 Å². The standard InChI is InChI=1S/C14H15N3O3/c1-2-13(19)17-12(14(20)16-8-7-15)9-10-3-5-11(18)6-4-10/h2-6,12,18H,1,8-9H2,(H,16,20)(H,17,19). The molecule has 0 spiro atoms. The Kier molecular flexibility index (Phi) is 5.78. The SMILES string of the molecule is C=CC(=O)NC(Cc1ccc(O)cc1)C(=O)NCC#N. The lowest BCUT2D eigenvalue weighted by Gasteiger charge is -2.17. The number of carbonyl (C=O) groups excluding carboxylic acids is 2. The molecule has 0 saturated carbocycles. The number of phenolic OH excluding ortho intramolecular Hbond substituents is 1. The van der Waals surface area contributed by atoms with Gasteiger partial charge in [-0.05, 0) is 23.8 Å². The minimum atomic E-state index is -0.807. The van der Waals surface area contributed by atoms with Crippen molar-refractivity contribution in [1.29, 1.82) is 5.26 Å². The minimum absolute atomic E-state index is 0.120. The van der Waals surface area contributed by atoms with Gasteiger partial charge in [0.1, 0.15) is 18.3 Å². The summed E-state index contributed by atoms with van der Waals surface area (Å²) in [5.74, 6) is -0.801. The highest BCUT2D eigenvalue weighted by Gasteiger charge is 2.19. The van der Waals surface area contributed by atoms with Crippen molar-refractivity contribution < 1.29 is 14.7 Å². The second-order valence-electron chi connectivity index (χ2n) is 4.01. The van der Waals surface area contributed by atoms with E-state index in [1.807, 2.05) is 0 Å². The van der Waals surface area contributed by atoms with Gasteiger partial charge in [-0.3, -0.25) is 9.59 Å². The summed E-state index contributed by atoms with van der Waals surface area (Å²) in [6, 6.07) is 7.28. The Morgan fingerprint density at radius 1 is 1.40 bits per heavy atom. The van der Waals surface area contributed by atoms with Crippen LogP contribution in [0.15, 0.2) is 36.9 Å². The normalized spacial score (nSPS) is 10.9. The maximum absolute atomic E-state index is 11.9. The van der Waals surface area contributed by atoms with Crippen LogP contribution < -0.4 is 10.6 Å². The predicted octanol–water partition coefficient (Wildman–Crippen LogP) is 0.245. The molecule has 20 heavy (non-hydrogen) atoms. The Morgan fingerprint density at radius 3 is 2.60 bits per heavy atom. The lowest BCUT2D eigenvalue weighted by Crippen LogP contribution is -2.47. The van der Waals surface area contributed by atoms with Crippen molar-refractivity contribution in [1.82, 2.24) is 10.6 Å². The van der Waals surface area contributed by atoms with E-state index in [-0.39, 0.29) is 18.7 Å². The topological polar surface area (TPSA) is 102 Å². The summed E-state index contributed by atoms with van der Waals surface area (Å²) in [5.41, 5.74) is 0.768. The van der Waals surface area contributed by atoms with Crippen LogP contribution >= 0.6 is 0 Å². The molecule has 6 nitrogen and oxygen atoms in total. The zero-order valence-electron chi connectivity index (χ0n) is 10.8. The fourth-order valence-corrected chi connectivity index (χ4v) is 1.56. The number of nitriles is 1. The van der Waals surface area contributed by atoms with Gasteiger partial charge in [-0.2, -0.15) is 5.26 Å². The molecule has 0 bridgehead atoms. The second-order valence-corrected chi connectivity index (χ2v) is 4.01. The zero-order chi connectivity index (χ0) is 15.0. The van der Waals surface area contributed by atoms with Crippen molar-refractivity contribution in [2.75, 3.05) is 6.54 Å². The first-order valence-electron chi connectivity index (χ1n) is 5.92. The van der Waals surface area contributed by atoms with E-state index in [9.17, 15) is 14.7 Å². The summed E-state index contributed by atoms with van der Waals surface area (Å²) in [5, 5.41) is 22.5. The molecule has 0 radical (unpaired) electrons. The van der Waals surface area contributed by atoms with E-state index in [1.165, 1.54) is 12.1 Å². The molecule has 0 aromatic heterocycles. The largest absolute Gasteiger partial charge is 0.508 e. The van der Waals surface area contributed by atoms with Gasteiger partial charge in [0.2, 0.25) is 11.8 Å². The van der Waals surface area contributed by atoms with Crippen molar-refractivity contribution in [2.45, 2.75) is 12.5 Å². The average Bonchev–Trinajstić information content (AvgIpc) is 2.46. The average molecular weight is 273 g/mol. The molecular formula is C14H15N3O3. The monoisotopic (exact) mass is 273 g/mol. The van der Waals surface area contributed by atoms with Crippen molar-refractivity contribution in [3.05, 3.63) is 42.5 Å². The van der Waals surface area contributed by atoms with Crippen LogP contribution in [0.1, 0.15) is 5.56 Å². The Bertz CT molecular complexity index is 532. The van der Waals surface area contributed by atoms with Crippen molar-refractivity contribution in [2.24, 2.45) is 0 Å². The maximum atomic E-state index is 11.9. The van der Waals surface area contributed by atoms with E-state index in [4.69, 9.17) is 5.26 Å². The number of aromatic hydroxyl groups is 1. The van der Waals surface area contributed by atoms with Crippen LogP contribution in [0.4, 0.5) is 0 Å². The van der Waals surface area contributed by atoms with E-state index < -0.39 is 17.9 Å². The highest BCUT2D eigenvalue weighted by Crippen LogP contribution is 2.11. The predicted molar refractivity (Wildman–Crippen MR) is 72.6 cm³/mol. The van der Waals surface area contributed by atoms with Crippen LogP contribution in [0.5, 0.6) is 5.75 Å². The molecule has 1 aromatic rings. The summed E-state index contributed by atoms with van der Waals surface area (Å²) in [6.45, 7) is 3.19. The molecule has 0 saturated heterocycles. The number of benzene rings is 1. The van der Waals surface area contributed by atoms with Crippen LogP contribution in [0, 0.1) is 11.3 Å². The summed E-state index contributed by atoms with van der Waals surface area (Å²) >= 11 is 0. The Balaban J connectivity index is 2.78. The number of amides is 2. The molecular weight excluding hydrogens is 258 g/mol. The molecule has 1 rings (SSSR count). The number of rotatable bonds is 6. The minimum Gasteiger partial charge on any atom is -0.508 e. The van der Waals surface area contributed by atoms with Gasteiger partial charge >= 0.3 is 0 Å². The highest BCUT2D eigenvalue weighted by atomic mass is 16.3. The Labute approximate surface area is 116 Å². The molecule has 0 aliphatic carbocycles. The molecule has 6 heteroatoms. The maximum Gasteiger partial charge on any atom is 0.244 e. The van der Waals surface area contributed by atoms with E-state index in [2.05, 4.69) is 17.2 Å². The molecule has 0 fully saturated rings. The van der Waals surface area contributed by atoms with Gasteiger partial charge in [-0.25, -0.2) is 0 Å². The van der Waals surface area contributed by atoms with Gasteiger partial charge in [0.25, 0.3) is 0 Å². The van der Waals surface area contributed by atoms with Crippen LogP contribution in [-0.4, -0.2) is 29.5 Å². The van der Waals surface area contributed by atoms with Crippen molar-refractivity contribution in [3.8, 4) is 11.8 Å². The first-order chi connectivity index (χ1) is 9.56. The third kappa shape index (κ3) is 4.82. The number of phenols is 1. The molecule has 104 valence electrons. The molecule has 0 heterocycles. The Hall–Kier alpha value is -2.81. The fourth-order valence-electron chi connectivity index (χ4n) is 1.56. The summed E-state index contributed by atoms with van der Waals surface area (Å²) in [6.07, 6.45) is 1.32. The lowest BCUT2D eigenvalue weighted by atomic mass is 10.0. The van der Waals surface area contributed by atoms with E-state index in [0.29, 0.717) is 0 Å². The molecule has 1 unspecified atom stereocenters. The third-order valence-corrected chi connectivity index (χ3v) is 2.54. The van der Waals surface area contributed by atoms with Crippen LogP contribution in [0.3, 0.4) is 0 Å². The molecule has 3 N–H and O–H groups in total. The molecule has 1 atom stereocenters. The number of hydrogen-bond donors (Lipinski definition) is 3. The summed E-state index contributed by atoms with van der Waals surface area (Å²) < 4.78 is 0.